The first-order valence-electron chi connectivity index (χ1n) is 12.0. The van der Waals surface area contributed by atoms with Gasteiger partial charge in [-0.3, -0.25) is 9.69 Å². The summed E-state index contributed by atoms with van der Waals surface area (Å²) >= 11 is 0. The third-order valence-corrected chi connectivity index (χ3v) is 7.22. The van der Waals surface area contributed by atoms with E-state index in [2.05, 4.69) is 53.1 Å². The van der Waals surface area contributed by atoms with E-state index in [9.17, 15) is 4.79 Å². The second-order valence-electron chi connectivity index (χ2n) is 9.75. The molecule has 1 amide bonds. The second kappa shape index (κ2) is 10.3. The van der Waals surface area contributed by atoms with Crippen molar-refractivity contribution >= 4 is 5.91 Å². The molecule has 1 aliphatic carbocycles. The van der Waals surface area contributed by atoms with Gasteiger partial charge in [0.15, 0.2) is 0 Å². The molecule has 0 spiro atoms. The van der Waals surface area contributed by atoms with Crippen LogP contribution in [0.4, 0.5) is 0 Å². The van der Waals surface area contributed by atoms with Gasteiger partial charge in [-0.05, 0) is 95.7 Å². The Hall–Kier alpha value is -1.43. The Labute approximate surface area is 182 Å². The summed E-state index contributed by atoms with van der Waals surface area (Å²) in [5.74, 6) is 0.856. The first-order chi connectivity index (χ1) is 14.6. The van der Waals surface area contributed by atoms with Crippen LogP contribution in [-0.4, -0.2) is 86.2 Å². The highest BCUT2D eigenvalue weighted by atomic mass is 16.5. The molecule has 2 saturated heterocycles. The molecule has 0 bridgehead atoms. The minimum atomic E-state index is -0.193. The van der Waals surface area contributed by atoms with Crippen molar-refractivity contribution in [3.8, 4) is 0 Å². The first-order valence-corrected chi connectivity index (χ1v) is 12.0. The van der Waals surface area contributed by atoms with E-state index in [1.807, 2.05) is 0 Å². The molecule has 1 aromatic rings. The third-order valence-electron chi connectivity index (χ3n) is 7.22. The average Bonchev–Trinajstić information content (AvgIpc) is 3.42. The lowest BCUT2D eigenvalue weighted by Crippen LogP contribution is -2.47. The van der Waals surface area contributed by atoms with Gasteiger partial charge in [-0.15, -0.1) is 0 Å². The third kappa shape index (κ3) is 5.43. The Morgan fingerprint density at radius 3 is 2.37 bits per heavy atom. The summed E-state index contributed by atoms with van der Waals surface area (Å²) in [6, 6.07) is 9.61. The molecule has 0 aromatic heterocycles. The SMILES string of the molecule is CN(C)CCCN(CC1CCN(C2Cc3ccccc3C2)CC1)C(=O)C1CCCO1. The van der Waals surface area contributed by atoms with Crippen LogP contribution in [0.1, 0.15) is 43.2 Å². The quantitative estimate of drug-likeness (QED) is 0.657. The molecule has 2 aliphatic heterocycles. The maximum atomic E-state index is 13.1. The highest BCUT2D eigenvalue weighted by Gasteiger charge is 2.33. The molecule has 1 atom stereocenters. The molecule has 1 unspecified atom stereocenters. The number of piperidine rings is 1. The highest BCUT2D eigenvalue weighted by molar-refractivity contribution is 5.81. The van der Waals surface area contributed by atoms with E-state index in [0.717, 1.165) is 45.5 Å². The fourth-order valence-corrected chi connectivity index (χ4v) is 5.45. The van der Waals surface area contributed by atoms with Gasteiger partial charge in [0.25, 0.3) is 5.91 Å². The number of hydrogen-bond acceptors (Lipinski definition) is 4. The van der Waals surface area contributed by atoms with Gasteiger partial charge in [0.05, 0.1) is 0 Å². The number of fused-ring (bicyclic) bond motifs is 1. The molecule has 2 heterocycles. The molecule has 0 radical (unpaired) electrons. The van der Waals surface area contributed by atoms with Crippen LogP contribution in [0.2, 0.25) is 0 Å². The van der Waals surface area contributed by atoms with Gasteiger partial charge in [-0.1, -0.05) is 24.3 Å². The molecule has 3 aliphatic rings. The smallest absolute Gasteiger partial charge is 0.251 e. The van der Waals surface area contributed by atoms with Crippen LogP contribution in [0.5, 0.6) is 0 Å². The van der Waals surface area contributed by atoms with Gasteiger partial charge in [-0.25, -0.2) is 0 Å². The van der Waals surface area contributed by atoms with Gasteiger partial charge >= 0.3 is 0 Å². The molecule has 166 valence electrons. The Balaban J connectivity index is 1.28. The lowest BCUT2D eigenvalue weighted by Gasteiger charge is -2.38. The summed E-state index contributed by atoms with van der Waals surface area (Å²) in [5, 5.41) is 0. The van der Waals surface area contributed by atoms with Crippen LogP contribution < -0.4 is 0 Å². The van der Waals surface area contributed by atoms with Crippen molar-refractivity contribution in [2.75, 3.05) is 53.4 Å². The van der Waals surface area contributed by atoms with Crippen LogP contribution in [0, 0.1) is 5.92 Å². The summed E-state index contributed by atoms with van der Waals surface area (Å²) in [5.41, 5.74) is 3.08. The number of benzene rings is 1. The summed E-state index contributed by atoms with van der Waals surface area (Å²) in [6.45, 7) is 5.87. The number of ether oxygens (including phenoxy) is 1. The van der Waals surface area contributed by atoms with E-state index in [1.54, 1.807) is 11.1 Å². The monoisotopic (exact) mass is 413 g/mol. The Kier molecular flexibility index (Phi) is 7.45. The molecule has 1 aromatic carbocycles. The van der Waals surface area contributed by atoms with Gasteiger partial charge in [0, 0.05) is 25.7 Å². The number of carbonyl (C=O) groups is 1. The molecular weight excluding hydrogens is 374 g/mol. The van der Waals surface area contributed by atoms with Crippen LogP contribution in [-0.2, 0) is 22.4 Å². The van der Waals surface area contributed by atoms with Crippen molar-refractivity contribution in [3.63, 3.8) is 0 Å². The fraction of sp³-hybridized carbons (Fsp3) is 0.720. The molecule has 30 heavy (non-hydrogen) atoms. The van der Waals surface area contributed by atoms with E-state index in [4.69, 9.17) is 4.74 Å². The summed E-state index contributed by atoms with van der Waals surface area (Å²) in [4.78, 5) is 20.1. The summed E-state index contributed by atoms with van der Waals surface area (Å²) in [7, 11) is 4.20. The molecule has 0 N–H and O–H groups in total. The zero-order chi connectivity index (χ0) is 20.9. The van der Waals surface area contributed by atoms with Gasteiger partial charge < -0.3 is 14.5 Å². The Bertz CT molecular complexity index is 668. The zero-order valence-corrected chi connectivity index (χ0v) is 18.9. The molecule has 5 heteroatoms. The van der Waals surface area contributed by atoms with Crippen LogP contribution in [0.25, 0.3) is 0 Å². The van der Waals surface area contributed by atoms with Crippen molar-refractivity contribution in [2.45, 2.75) is 57.1 Å². The topological polar surface area (TPSA) is 36.0 Å². The highest BCUT2D eigenvalue weighted by Crippen LogP contribution is 2.29. The van der Waals surface area contributed by atoms with E-state index in [1.165, 1.54) is 38.8 Å². The number of likely N-dealkylation sites (tertiary alicyclic amines) is 1. The van der Waals surface area contributed by atoms with Crippen LogP contribution >= 0.6 is 0 Å². The van der Waals surface area contributed by atoms with Crippen molar-refractivity contribution in [1.29, 1.82) is 0 Å². The molecule has 4 rings (SSSR count). The lowest BCUT2D eigenvalue weighted by atomic mass is 9.94. The predicted molar refractivity (Wildman–Crippen MR) is 121 cm³/mol. The maximum absolute atomic E-state index is 13.1. The van der Waals surface area contributed by atoms with Crippen molar-refractivity contribution in [1.82, 2.24) is 14.7 Å². The summed E-state index contributed by atoms with van der Waals surface area (Å²) in [6.07, 6.45) is 7.56. The minimum absolute atomic E-state index is 0.193. The van der Waals surface area contributed by atoms with Gasteiger partial charge in [0.2, 0.25) is 0 Å². The van der Waals surface area contributed by atoms with Crippen LogP contribution in [0.15, 0.2) is 24.3 Å². The minimum Gasteiger partial charge on any atom is -0.368 e. The average molecular weight is 414 g/mol. The van der Waals surface area contributed by atoms with E-state index >= 15 is 0 Å². The number of nitrogens with zero attached hydrogens (tertiary/aromatic N) is 3. The normalized spacial score (nSPS) is 23.2. The number of carbonyl (C=O) groups excluding carboxylic acids is 1. The lowest BCUT2D eigenvalue weighted by molar-refractivity contribution is -0.142. The predicted octanol–water partition coefficient (Wildman–Crippen LogP) is 2.83. The van der Waals surface area contributed by atoms with E-state index in [-0.39, 0.29) is 12.0 Å². The second-order valence-corrected chi connectivity index (χ2v) is 9.75. The number of rotatable bonds is 8. The van der Waals surface area contributed by atoms with E-state index < -0.39 is 0 Å². The van der Waals surface area contributed by atoms with Crippen molar-refractivity contribution < 1.29 is 9.53 Å². The fourth-order valence-electron chi connectivity index (χ4n) is 5.45. The maximum Gasteiger partial charge on any atom is 0.251 e. The van der Waals surface area contributed by atoms with Crippen molar-refractivity contribution in [2.24, 2.45) is 5.92 Å². The zero-order valence-electron chi connectivity index (χ0n) is 18.9. The summed E-state index contributed by atoms with van der Waals surface area (Å²) < 4.78 is 5.72. The van der Waals surface area contributed by atoms with Crippen LogP contribution in [0.3, 0.4) is 0 Å². The van der Waals surface area contributed by atoms with Gasteiger partial charge in [-0.2, -0.15) is 0 Å². The number of hydrogen-bond donors (Lipinski definition) is 0. The van der Waals surface area contributed by atoms with E-state index in [0.29, 0.717) is 12.0 Å². The largest absolute Gasteiger partial charge is 0.368 e. The standard InChI is InChI=1S/C25H39N3O2/c1-26(2)12-6-13-28(25(29)24-9-5-16-30-24)19-20-10-14-27(15-11-20)23-17-21-7-3-4-8-22(21)18-23/h3-4,7-8,20,23-24H,5-6,9-19H2,1-2H3. The Morgan fingerprint density at radius 2 is 1.77 bits per heavy atom. The molecule has 2 fully saturated rings. The molecule has 5 nitrogen and oxygen atoms in total. The van der Waals surface area contributed by atoms with Gasteiger partial charge in [0.1, 0.15) is 6.10 Å². The molecular formula is C25H39N3O2. The molecule has 0 saturated carbocycles. The number of amides is 1. The Morgan fingerprint density at radius 1 is 1.07 bits per heavy atom. The first kappa shape index (κ1) is 21.8. The van der Waals surface area contributed by atoms with Crippen molar-refractivity contribution in [3.05, 3.63) is 35.4 Å².